The van der Waals surface area contributed by atoms with Gasteiger partial charge in [0.1, 0.15) is 11.8 Å². The lowest BCUT2D eigenvalue weighted by atomic mass is 9.84. The Hall–Kier alpha value is -0.875. The summed E-state index contributed by atoms with van der Waals surface area (Å²) in [7, 11) is 0.473. The molecule has 0 amide bonds. The Morgan fingerprint density at radius 1 is 1.77 bits per heavy atom. The van der Waals surface area contributed by atoms with Gasteiger partial charge >= 0.3 is 13.0 Å². The molecule has 0 spiro atoms. The highest BCUT2D eigenvalue weighted by Gasteiger charge is 2.39. The second kappa shape index (κ2) is 3.89. The lowest BCUT2D eigenvalue weighted by Gasteiger charge is -2.21. The fourth-order valence-electron chi connectivity index (χ4n) is 1.46. The maximum absolute atomic E-state index is 11.1. The molecule has 1 atom stereocenters. The predicted molar refractivity (Wildman–Crippen MR) is 46.0 cm³/mol. The Kier molecular flexibility index (Phi) is 3.05. The van der Waals surface area contributed by atoms with Crippen LogP contribution in [-0.4, -0.2) is 48.3 Å². The van der Waals surface area contributed by atoms with E-state index in [4.69, 9.17) is 0 Å². The number of ether oxygens (including phenoxy) is 1. The molecular weight excluding hydrogens is 173 g/mol. The summed E-state index contributed by atoms with van der Waals surface area (Å²) in [4.78, 5) is 23.6. The van der Waals surface area contributed by atoms with Crippen molar-refractivity contribution in [2.24, 2.45) is 0 Å². The molecule has 0 radical (unpaired) electrons. The number of carbonyl (C=O) groups is 2. The van der Waals surface area contributed by atoms with Gasteiger partial charge in [0.05, 0.1) is 7.11 Å². The SMILES string of the molecule is COC(=O)[C@H]1CC(=O)CN1B(C)O. The summed E-state index contributed by atoms with van der Waals surface area (Å²) in [5, 5.41) is 9.25. The molecule has 1 fully saturated rings. The molecule has 0 bridgehead atoms. The van der Waals surface area contributed by atoms with Crippen LogP contribution < -0.4 is 0 Å². The van der Waals surface area contributed by atoms with E-state index in [-0.39, 0.29) is 18.7 Å². The second-order valence-corrected chi connectivity index (χ2v) is 3.09. The van der Waals surface area contributed by atoms with Gasteiger partial charge in [-0.3, -0.25) is 14.4 Å². The molecular formula is C7H12BNO4. The third-order valence-corrected chi connectivity index (χ3v) is 2.13. The molecule has 1 aliphatic rings. The van der Waals surface area contributed by atoms with Gasteiger partial charge in [0.25, 0.3) is 0 Å². The zero-order chi connectivity index (χ0) is 10.0. The lowest BCUT2D eigenvalue weighted by molar-refractivity contribution is -0.144. The van der Waals surface area contributed by atoms with Crippen LogP contribution in [-0.2, 0) is 14.3 Å². The average molecular weight is 185 g/mol. The van der Waals surface area contributed by atoms with Gasteiger partial charge in [-0.1, -0.05) is 0 Å². The monoisotopic (exact) mass is 185 g/mol. The van der Waals surface area contributed by atoms with E-state index in [1.54, 1.807) is 0 Å². The topological polar surface area (TPSA) is 66.8 Å². The van der Waals surface area contributed by atoms with E-state index in [9.17, 15) is 14.6 Å². The number of esters is 1. The third-order valence-electron chi connectivity index (χ3n) is 2.13. The molecule has 5 nitrogen and oxygen atoms in total. The summed E-state index contributed by atoms with van der Waals surface area (Å²) >= 11 is 0. The van der Waals surface area contributed by atoms with Gasteiger partial charge in [0, 0.05) is 13.0 Å². The molecule has 0 aromatic heterocycles. The number of nitrogens with zero attached hydrogens (tertiary/aromatic N) is 1. The van der Waals surface area contributed by atoms with Crippen LogP contribution in [0, 0.1) is 0 Å². The first-order valence-electron chi connectivity index (χ1n) is 4.09. The zero-order valence-corrected chi connectivity index (χ0v) is 7.69. The number of rotatable bonds is 2. The first kappa shape index (κ1) is 10.2. The molecule has 1 saturated heterocycles. The highest BCUT2D eigenvalue weighted by atomic mass is 16.5. The Morgan fingerprint density at radius 2 is 2.38 bits per heavy atom. The number of hydrogen-bond acceptors (Lipinski definition) is 5. The van der Waals surface area contributed by atoms with Crippen molar-refractivity contribution in [2.75, 3.05) is 13.7 Å². The van der Waals surface area contributed by atoms with Gasteiger partial charge in [-0.2, -0.15) is 0 Å². The minimum absolute atomic E-state index is 0.0451. The van der Waals surface area contributed by atoms with Crippen LogP contribution in [0.2, 0.25) is 6.82 Å². The molecule has 0 saturated carbocycles. The highest BCUT2D eigenvalue weighted by Crippen LogP contribution is 2.16. The molecule has 0 aromatic carbocycles. The van der Waals surface area contributed by atoms with Crippen molar-refractivity contribution in [3.8, 4) is 0 Å². The van der Waals surface area contributed by atoms with E-state index >= 15 is 0 Å². The summed E-state index contributed by atoms with van der Waals surface area (Å²) in [6.45, 7) is 1.64. The molecule has 0 aliphatic carbocycles. The van der Waals surface area contributed by atoms with Crippen LogP contribution in [0.5, 0.6) is 0 Å². The Balaban J connectivity index is 2.71. The normalized spacial score (nSPS) is 23.3. The van der Waals surface area contributed by atoms with Crippen molar-refractivity contribution in [1.82, 2.24) is 4.81 Å². The maximum Gasteiger partial charge on any atom is 0.377 e. The number of carbonyl (C=O) groups excluding carboxylic acids is 2. The van der Waals surface area contributed by atoms with Gasteiger partial charge in [0.15, 0.2) is 0 Å². The van der Waals surface area contributed by atoms with E-state index < -0.39 is 19.1 Å². The molecule has 0 aromatic rings. The first-order chi connectivity index (χ1) is 6.06. The first-order valence-corrected chi connectivity index (χ1v) is 4.09. The zero-order valence-electron chi connectivity index (χ0n) is 7.69. The van der Waals surface area contributed by atoms with Crippen LogP contribution >= 0.6 is 0 Å². The number of methoxy groups -OCH3 is 1. The largest absolute Gasteiger partial charge is 0.468 e. The number of ketones is 1. The summed E-state index contributed by atoms with van der Waals surface area (Å²) in [6, 6.07) is -0.613. The quantitative estimate of drug-likeness (QED) is 0.437. The van der Waals surface area contributed by atoms with Gasteiger partial charge in [0.2, 0.25) is 0 Å². The highest BCUT2D eigenvalue weighted by molar-refractivity contribution is 6.46. The van der Waals surface area contributed by atoms with E-state index in [0.717, 1.165) is 0 Å². The average Bonchev–Trinajstić information content (AvgIpc) is 2.46. The van der Waals surface area contributed by atoms with Crippen molar-refractivity contribution >= 4 is 18.8 Å². The van der Waals surface area contributed by atoms with Crippen molar-refractivity contribution in [1.29, 1.82) is 0 Å². The number of Topliss-reactive ketones (excluding diaryl/α,β-unsaturated/α-hetero) is 1. The molecule has 0 unspecified atom stereocenters. The molecule has 6 heteroatoms. The molecule has 1 rings (SSSR count). The lowest BCUT2D eigenvalue weighted by Crippen LogP contribution is -2.45. The van der Waals surface area contributed by atoms with Gasteiger partial charge in [-0.25, -0.2) is 0 Å². The van der Waals surface area contributed by atoms with E-state index in [1.165, 1.54) is 18.7 Å². The van der Waals surface area contributed by atoms with E-state index in [0.29, 0.717) is 0 Å². The minimum atomic E-state index is -0.796. The van der Waals surface area contributed by atoms with Crippen molar-refractivity contribution in [3.63, 3.8) is 0 Å². The molecule has 72 valence electrons. The van der Waals surface area contributed by atoms with E-state index in [1.807, 2.05) is 0 Å². The maximum atomic E-state index is 11.1. The predicted octanol–water partition coefficient (Wildman–Crippen LogP) is -1.09. The van der Waals surface area contributed by atoms with Crippen molar-refractivity contribution in [2.45, 2.75) is 19.3 Å². The van der Waals surface area contributed by atoms with Crippen LogP contribution in [0.3, 0.4) is 0 Å². The summed E-state index contributed by atoms with van der Waals surface area (Å²) < 4.78 is 4.52. The van der Waals surface area contributed by atoms with Crippen molar-refractivity contribution in [3.05, 3.63) is 0 Å². The third kappa shape index (κ3) is 2.08. The van der Waals surface area contributed by atoms with Crippen LogP contribution in [0.15, 0.2) is 0 Å². The number of hydrogen-bond donors (Lipinski definition) is 1. The van der Waals surface area contributed by atoms with Gasteiger partial charge < -0.3 is 9.76 Å². The molecule has 1 aliphatic heterocycles. The van der Waals surface area contributed by atoms with E-state index in [2.05, 4.69) is 4.74 Å². The van der Waals surface area contributed by atoms with Crippen LogP contribution in [0.25, 0.3) is 0 Å². The van der Waals surface area contributed by atoms with Crippen molar-refractivity contribution < 1.29 is 19.3 Å². The summed E-state index contributed by atoms with van der Waals surface area (Å²) in [5.74, 6) is -0.511. The fourth-order valence-corrected chi connectivity index (χ4v) is 1.46. The Morgan fingerprint density at radius 3 is 2.85 bits per heavy atom. The minimum Gasteiger partial charge on any atom is -0.468 e. The molecule has 1 heterocycles. The fraction of sp³-hybridized carbons (Fsp3) is 0.714. The van der Waals surface area contributed by atoms with Gasteiger partial charge in [-0.05, 0) is 6.82 Å². The summed E-state index contributed by atoms with van der Waals surface area (Å²) in [6.07, 6.45) is 0.136. The van der Waals surface area contributed by atoms with Crippen LogP contribution in [0.1, 0.15) is 6.42 Å². The molecule has 13 heavy (non-hydrogen) atoms. The molecule has 1 N–H and O–H groups in total. The standard InChI is InChI=1S/C7H12BNO4/c1-8(12)9-4-5(10)3-6(9)7(11)13-2/h6,12H,3-4H2,1-2H3/t6-/m1/s1. The Bertz CT molecular complexity index is 231. The smallest absolute Gasteiger partial charge is 0.377 e. The van der Waals surface area contributed by atoms with Crippen LogP contribution in [0.4, 0.5) is 0 Å². The Labute approximate surface area is 76.8 Å². The summed E-state index contributed by atoms with van der Waals surface area (Å²) in [5.41, 5.74) is 0. The van der Waals surface area contributed by atoms with Gasteiger partial charge in [-0.15, -0.1) is 0 Å². The second-order valence-electron chi connectivity index (χ2n) is 3.09.